The molecular formula is C25H37N5O5S. The molecule has 0 atom stereocenters. The van der Waals surface area contributed by atoms with Crippen LogP contribution in [0.3, 0.4) is 0 Å². The van der Waals surface area contributed by atoms with Crippen LogP contribution in [0.4, 0.5) is 0 Å². The summed E-state index contributed by atoms with van der Waals surface area (Å²) < 4.78 is 32.6. The van der Waals surface area contributed by atoms with Crippen LogP contribution in [-0.4, -0.2) is 85.6 Å². The molecule has 1 amide bonds. The van der Waals surface area contributed by atoms with Crippen molar-refractivity contribution in [3.8, 4) is 17.1 Å². The van der Waals surface area contributed by atoms with Gasteiger partial charge in [0.15, 0.2) is 0 Å². The smallest absolute Gasteiger partial charge is 0.254 e. The van der Waals surface area contributed by atoms with Crippen molar-refractivity contribution in [1.82, 2.24) is 24.5 Å². The maximum absolute atomic E-state index is 12.9. The van der Waals surface area contributed by atoms with Crippen LogP contribution in [0, 0.1) is 0 Å². The van der Waals surface area contributed by atoms with E-state index in [0.29, 0.717) is 79.6 Å². The van der Waals surface area contributed by atoms with Gasteiger partial charge in [-0.2, -0.15) is 4.31 Å². The van der Waals surface area contributed by atoms with Crippen molar-refractivity contribution in [1.29, 1.82) is 0 Å². The van der Waals surface area contributed by atoms with Gasteiger partial charge >= 0.3 is 0 Å². The van der Waals surface area contributed by atoms with E-state index in [1.807, 2.05) is 27.8 Å². The second-order valence-electron chi connectivity index (χ2n) is 8.88. The number of aryl methyl sites for hydroxylation is 1. The summed E-state index contributed by atoms with van der Waals surface area (Å²) in [5.74, 6) is 0.281. The molecule has 11 heteroatoms. The third kappa shape index (κ3) is 6.71. The SMILES string of the molecule is CCCOc1ccc(C(=O)NCCS(=O)(=O)N2CCN(C)CC2)cc1-c1nc(CC)c(CC)c(=O)[nH]1. The van der Waals surface area contributed by atoms with Gasteiger partial charge in [0.05, 0.1) is 23.6 Å². The van der Waals surface area contributed by atoms with E-state index in [0.717, 1.165) is 6.42 Å². The zero-order valence-corrected chi connectivity index (χ0v) is 22.4. The largest absolute Gasteiger partial charge is 0.493 e. The average Bonchev–Trinajstić information content (AvgIpc) is 2.86. The minimum Gasteiger partial charge on any atom is -0.493 e. The van der Waals surface area contributed by atoms with Crippen molar-refractivity contribution >= 4 is 15.9 Å². The van der Waals surface area contributed by atoms with Crippen LogP contribution >= 0.6 is 0 Å². The number of carbonyl (C=O) groups excluding carboxylic acids is 1. The molecule has 1 fully saturated rings. The van der Waals surface area contributed by atoms with E-state index in [1.54, 1.807) is 18.2 Å². The van der Waals surface area contributed by atoms with Crippen LogP contribution < -0.4 is 15.6 Å². The lowest BCUT2D eigenvalue weighted by Gasteiger charge is -2.31. The molecule has 0 saturated carbocycles. The van der Waals surface area contributed by atoms with Crippen molar-refractivity contribution < 1.29 is 17.9 Å². The Balaban J connectivity index is 1.80. The Morgan fingerprint density at radius 1 is 1.14 bits per heavy atom. The molecule has 198 valence electrons. The van der Waals surface area contributed by atoms with Crippen molar-refractivity contribution in [3.05, 3.63) is 45.4 Å². The fourth-order valence-electron chi connectivity index (χ4n) is 4.11. The van der Waals surface area contributed by atoms with E-state index in [-0.39, 0.29) is 17.9 Å². The molecule has 1 aromatic heterocycles. The molecule has 2 heterocycles. The summed E-state index contributed by atoms with van der Waals surface area (Å²) in [5, 5.41) is 2.71. The highest BCUT2D eigenvalue weighted by Crippen LogP contribution is 2.29. The number of aromatic amines is 1. The highest BCUT2D eigenvalue weighted by atomic mass is 32.2. The summed E-state index contributed by atoms with van der Waals surface area (Å²) in [7, 11) is -1.49. The van der Waals surface area contributed by atoms with Crippen molar-refractivity contribution in [2.75, 3.05) is 52.1 Å². The normalized spacial score (nSPS) is 15.1. The maximum Gasteiger partial charge on any atom is 0.254 e. The van der Waals surface area contributed by atoms with Crippen molar-refractivity contribution in [2.45, 2.75) is 40.0 Å². The Kier molecular flexibility index (Phi) is 9.63. The first-order chi connectivity index (χ1) is 17.2. The number of amides is 1. The summed E-state index contributed by atoms with van der Waals surface area (Å²) in [6, 6.07) is 4.93. The Labute approximate surface area is 213 Å². The molecule has 3 rings (SSSR count). The van der Waals surface area contributed by atoms with Crippen LogP contribution in [0.5, 0.6) is 5.75 Å². The van der Waals surface area contributed by atoms with Gasteiger partial charge in [0.2, 0.25) is 10.0 Å². The van der Waals surface area contributed by atoms with Crippen LogP contribution in [0.15, 0.2) is 23.0 Å². The fourth-order valence-corrected chi connectivity index (χ4v) is 5.45. The van der Waals surface area contributed by atoms with Gasteiger partial charge in [-0.3, -0.25) is 9.59 Å². The second kappa shape index (κ2) is 12.5. The summed E-state index contributed by atoms with van der Waals surface area (Å²) in [6.45, 7) is 8.61. The van der Waals surface area contributed by atoms with E-state index >= 15 is 0 Å². The van der Waals surface area contributed by atoms with Gasteiger partial charge in [0.25, 0.3) is 11.5 Å². The summed E-state index contributed by atoms with van der Waals surface area (Å²) in [6.07, 6.45) is 1.97. The van der Waals surface area contributed by atoms with Gasteiger partial charge in [-0.05, 0) is 44.5 Å². The fraction of sp³-hybridized carbons (Fsp3) is 0.560. The number of carbonyl (C=O) groups is 1. The Morgan fingerprint density at radius 2 is 1.86 bits per heavy atom. The molecule has 0 radical (unpaired) electrons. The van der Waals surface area contributed by atoms with E-state index in [4.69, 9.17) is 4.74 Å². The number of sulfonamides is 1. The average molecular weight is 520 g/mol. The molecule has 0 spiro atoms. The van der Waals surface area contributed by atoms with E-state index < -0.39 is 15.9 Å². The van der Waals surface area contributed by atoms with Gasteiger partial charge in [0, 0.05) is 43.9 Å². The zero-order chi connectivity index (χ0) is 26.3. The predicted octanol–water partition coefficient (Wildman–Crippen LogP) is 1.66. The van der Waals surface area contributed by atoms with Crippen molar-refractivity contribution in [3.63, 3.8) is 0 Å². The number of likely N-dealkylation sites (N-methyl/N-ethyl adjacent to an activating group) is 1. The highest BCUT2D eigenvalue weighted by molar-refractivity contribution is 7.89. The lowest BCUT2D eigenvalue weighted by Crippen LogP contribution is -2.48. The Bertz CT molecular complexity index is 1220. The van der Waals surface area contributed by atoms with Gasteiger partial charge < -0.3 is 19.9 Å². The van der Waals surface area contributed by atoms with Crippen LogP contribution in [0.25, 0.3) is 11.4 Å². The minimum atomic E-state index is -3.45. The highest BCUT2D eigenvalue weighted by Gasteiger charge is 2.25. The zero-order valence-electron chi connectivity index (χ0n) is 21.6. The van der Waals surface area contributed by atoms with Gasteiger partial charge in [0.1, 0.15) is 11.6 Å². The molecule has 36 heavy (non-hydrogen) atoms. The number of hydrogen-bond donors (Lipinski definition) is 2. The molecule has 1 aliphatic rings. The Hall–Kier alpha value is -2.76. The molecule has 10 nitrogen and oxygen atoms in total. The lowest BCUT2D eigenvalue weighted by atomic mass is 10.1. The molecule has 0 aliphatic carbocycles. The molecule has 1 saturated heterocycles. The summed E-state index contributed by atoms with van der Waals surface area (Å²) >= 11 is 0. The topological polar surface area (TPSA) is 125 Å². The van der Waals surface area contributed by atoms with Gasteiger partial charge in [-0.15, -0.1) is 0 Å². The number of benzene rings is 1. The third-order valence-corrected chi connectivity index (χ3v) is 8.12. The number of piperazine rings is 1. The quantitative estimate of drug-likeness (QED) is 0.463. The first-order valence-corrected chi connectivity index (χ1v) is 14.1. The second-order valence-corrected chi connectivity index (χ2v) is 11.0. The number of aromatic nitrogens is 2. The molecule has 2 N–H and O–H groups in total. The number of nitrogens with zero attached hydrogens (tertiary/aromatic N) is 3. The molecule has 1 aliphatic heterocycles. The minimum absolute atomic E-state index is 0.00279. The number of nitrogens with one attached hydrogen (secondary N) is 2. The standard InChI is InChI=1S/C25H37N5O5S/c1-5-15-35-22-9-8-18(17-20(22)23-27-21(7-3)19(6-2)25(32)28-23)24(31)26-10-16-36(33,34)30-13-11-29(4)12-14-30/h8-9,17H,5-7,10-16H2,1-4H3,(H,26,31)(H,27,28,32). The Morgan fingerprint density at radius 3 is 2.50 bits per heavy atom. The number of H-pyrrole nitrogens is 1. The number of hydrogen-bond acceptors (Lipinski definition) is 7. The third-order valence-electron chi connectivity index (χ3n) is 6.25. The van der Waals surface area contributed by atoms with E-state index in [2.05, 4.69) is 20.2 Å². The van der Waals surface area contributed by atoms with E-state index in [1.165, 1.54) is 4.31 Å². The van der Waals surface area contributed by atoms with Crippen molar-refractivity contribution in [2.24, 2.45) is 0 Å². The van der Waals surface area contributed by atoms with Crippen LogP contribution in [-0.2, 0) is 22.9 Å². The molecular weight excluding hydrogens is 482 g/mol. The molecule has 0 unspecified atom stereocenters. The van der Waals surface area contributed by atoms with Gasteiger partial charge in [-0.25, -0.2) is 13.4 Å². The number of rotatable bonds is 11. The number of ether oxygens (including phenoxy) is 1. The first-order valence-electron chi connectivity index (χ1n) is 12.5. The molecule has 1 aromatic carbocycles. The van der Waals surface area contributed by atoms with Crippen LogP contribution in [0.1, 0.15) is 48.8 Å². The molecule has 0 bridgehead atoms. The maximum atomic E-state index is 12.9. The summed E-state index contributed by atoms with van der Waals surface area (Å²) in [5.41, 5.74) is 1.99. The van der Waals surface area contributed by atoms with Gasteiger partial charge in [-0.1, -0.05) is 20.8 Å². The van der Waals surface area contributed by atoms with Crippen LogP contribution in [0.2, 0.25) is 0 Å². The molecule has 2 aromatic rings. The monoisotopic (exact) mass is 519 g/mol. The lowest BCUT2D eigenvalue weighted by molar-refractivity contribution is 0.0956. The predicted molar refractivity (Wildman–Crippen MR) is 140 cm³/mol. The summed E-state index contributed by atoms with van der Waals surface area (Å²) in [4.78, 5) is 35.1. The first kappa shape index (κ1) is 27.8. The van der Waals surface area contributed by atoms with E-state index in [9.17, 15) is 18.0 Å².